The number of benzene rings is 5. The molecular formula is C40H45N7O22S3. The van der Waals surface area contributed by atoms with Crippen LogP contribution in [0.3, 0.4) is 0 Å². The highest BCUT2D eigenvalue weighted by molar-refractivity contribution is 7.95. The van der Waals surface area contributed by atoms with Crippen molar-refractivity contribution in [2.45, 2.75) is 39.1 Å². The Hall–Kier alpha value is -5.99. The Kier molecular flexibility index (Phi) is 21.9. The van der Waals surface area contributed by atoms with Crippen molar-refractivity contribution in [2.75, 3.05) is 58.6 Å². The summed E-state index contributed by atoms with van der Waals surface area (Å²) in [5.74, 6) is -1.48. The largest absolute Gasteiger partial charge is 0.505 e. The van der Waals surface area contributed by atoms with Gasteiger partial charge in [-0.05, 0) is 41.8 Å². The van der Waals surface area contributed by atoms with Gasteiger partial charge in [0.2, 0.25) is 0 Å². The summed E-state index contributed by atoms with van der Waals surface area (Å²) in [6.45, 7) is -5.04. The molecule has 32 heteroatoms. The molecule has 0 amide bonds. The van der Waals surface area contributed by atoms with Crippen molar-refractivity contribution in [1.82, 2.24) is 0 Å². The van der Waals surface area contributed by atoms with Gasteiger partial charge >= 0.3 is 0 Å². The van der Waals surface area contributed by atoms with E-state index in [-0.39, 0.29) is 79.1 Å². The van der Waals surface area contributed by atoms with Crippen LogP contribution in [0.1, 0.15) is 0 Å². The first-order valence-corrected chi connectivity index (χ1v) is 23.2. The van der Waals surface area contributed by atoms with Gasteiger partial charge in [-0.3, -0.25) is 4.55 Å². The Bertz CT molecular complexity index is 2810. The number of hydrogen-bond donors (Lipinski definition) is 13. The molecule has 14 N–H and O–H groups in total. The number of nitrogens with zero attached hydrogens (tertiary/aromatic N) is 6. The number of aromatic hydroxyl groups is 1. The van der Waals surface area contributed by atoms with Crippen molar-refractivity contribution in [2.24, 2.45) is 30.7 Å². The molecule has 390 valence electrons. The molecule has 0 aliphatic heterocycles. The van der Waals surface area contributed by atoms with Gasteiger partial charge in [0.25, 0.3) is 10.1 Å². The predicted molar refractivity (Wildman–Crippen MR) is 247 cm³/mol. The van der Waals surface area contributed by atoms with Crippen LogP contribution in [0.5, 0.6) is 28.7 Å². The van der Waals surface area contributed by atoms with Crippen molar-refractivity contribution in [1.29, 1.82) is 0 Å². The maximum Gasteiger partial charge on any atom is 0.296 e. The van der Waals surface area contributed by atoms with E-state index in [1.54, 1.807) is 18.2 Å². The molecule has 5 aromatic rings. The zero-order valence-electron chi connectivity index (χ0n) is 36.8. The zero-order valence-corrected chi connectivity index (χ0v) is 39.2. The van der Waals surface area contributed by atoms with Gasteiger partial charge in [0, 0.05) is 34.5 Å². The average Bonchev–Trinajstić information content (AvgIpc) is 3.37. The first-order chi connectivity index (χ1) is 34.5. The minimum atomic E-state index is -4.83. The van der Waals surface area contributed by atoms with Crippen LogP contribution in [0.25, 0.3) is 10.8 Å². The fourth-order valence-corrected chi connectivity index (χ4v) is 7.15. The Labute approximate surface area is 414 Å². The van der Waals surface area contributed by atoms with Gasteiger partial charge in [0.1, 0.15) is 107 Å². The third-order valence-corrected chi connectivity index (χ3v) is 11.1. The molecule has 0 bridgehead atoms. The number of anilines is 1. The van der Waals surface area contributed by atoms with Gasteiger partial charge < -0.3 is 70.6 Å². The number of ether oxygens (including phenoxy) is 4. The van der Waals surface area contributed by atoms with E-state index in [9.17, 15) is 58.9 Å². The number of rotatable bonds is 29. The van der Waals surface area contributed by atoms with Gasteiger partial charge in [0.15, 0.2) is 5.75 Å². The topological polar surface area (TPSA) is 451 Å². The Morgan fingerprint density at radius 3 is 1.43 bits per heavy atom. The van der Waals surface area contributed by atoms with E-state index in [0.29, 0.717) is 16.9 Å². The molecule has 0 saturated carbocycles. The number of nitrogens with two attached hydrogens (primary N) is 1. The van der Waals surface area contributed by atoms with Crippen molar-refractivity contribution < 1.29 is 107 Å². The minimum Gasteiger partial charge on any atom is -0.505 e. The summed E-state index contributed by atoms with van der Waals surface area (Å²) in [5, 5.41) is 140. The van der Waals surface area contributed by atoms with E-state index in [4.69, 9.17) is 35.2 Å². The Balaban J connectivity index is 1.69. The van der Waals surface area contributed by atoms with Crippen LogP contribution in [0, 0.1) is 0 Å². The smallest absolute Gasteiger partial charge is 0.296 e. The fourth-order valence-electron chi connectivity index (χ4n) is 5.61. The SMILES string of the molecule is Nc1cc2c(O)c(N=Nc3cc(OCC(O)CO)c(N=Nc4cc(OCC(O)CO)c(N=Nc5cccc(SOOO)c5)cc4OCC(O)CO)cc3OCC(O)CO)c(SOOO)cc2cc1S(=O)(=O)O. The van der Waals surface area contributed by atoms with E-state index in [2.05, 4.69) is 49.4 Å². The van der Waals surface area contributed by atoms with Gasteiger partial charge in [-0.1, -0.05) is 16.1 Å². The number of azo groups is 3. The van der Waals surface area contributed by atoms with Crippen molar-refractivity contribution in [3.8, 4) is 28.7 Å². The number of nitrogen functional groups attached to an aromatic ring is 1. The third kappa shape index (κ3) is 16.3. The lowest BCUT2D eigenvalue weighted by Crippen LogP contribution is -2.22. The molecule has 0 aliphatic carbocycles. The summed E-state index contributed by atoms with van der Waals surface area (Å²) in [4.78, 5) is -0.429. The number of hydrogen-bond acceptors (Lipinski definition) is 30. The summed E-state index contributed by atoms with van der Waals surface area (Å²) in [6.07, 6.45) is -5.68. The van der Waals surface area contributed by atoms with Crippen LogP contribution in [-0.2, 0) is 28.9 Å². The summed E-state index contributed by atoms with van der Waals surface area (Å²) < 4.78 is 65.8. The van der Waals surface area contributed by atoms with E-state index >= 15 is 0 Å². The Morgan fingerprint density at radius 2 is 1.00 bits per heavy atom. The molecule has 0 aliphatic rings. The van der Waals surface area contributed by atoms with Gasteiger partial charge in [-0.25, -0.2) is 10.5 Å². The molecular weight excluding hydrogens is 1030 g/mol. The van der Waals surface area contributed by atoms with Crippen molar-refractivity contribution in [3.05, 3.63) is 66.7 Å². The first kappa shape index (κ1) is 56.9. The lowest BCUT2D eigenvalue weighted by atomic mass is 10.1. The van der Waals surface area contributed by atoms with Gasteiger partial charge in [-0.2, -0.15) is 13.5 Å². The van der Waals surface area contributed by atoms with Crippen molar-refractivity contribution in [3.63, 3.8) is 0 Å². The monoisotopic (exact) mass is 1070 g/mol. The first-order valence-electron chi connectivity index (χ1n) is 20.3. The maximum absolute atomic E-state index is 12.0. The van der Waals surface area contributed by atoms with Crippen LogP contribution < -0.4 is 24.7 Å². The molecule has 29 nitrogen and oxygen atoms in total. The number of phenolic OH excluding ortho intramolecular Hbond substituents is 1. The second-order valence-electron chi connectivity index (χ2n) is 14.4. The maximum atomic E-state index is 12.0. The lowest BCUT2D eigenvalue weighted by molar-refractivity contribution is -0.432. The van der Waals surface area contributed by atoms with Crippen LogP contribution in [0.2, 0.25) is 0 Å². The van der Waals surface area contributed by atoms with Crippen LogP contribution in [0.4, 0.5) is 39.8 Å². The molecule has 72 heavy (non-hydrogen) atoms. The number of fused-ring (bicyclic) bond motifs is 1. The lowest BCUT2D eigenvalue weighted by Gasteiger charge is -2.17. The minimum absolute atomic E-state index is 0.0197. The highest BCUT2D eigenvalue weighted by Gasteiger charge is 2.23. The highest BCUT2D eigenvalue weighted by Crippen LogP contribution is 2.48. The Morgan fingerprint density at radius 1 is 0.569 bits per heavy atom. The summed E-state index contributed by atoms with van der Waals surface area (Å²) >= 11 is 0.927. The quantitative estimate of drug-likeness (QED) is 0.00787. The molecule has 0 aromatic heterocycles. The predicted octanol–water partition coefficient (Wildman–Crippen LogP) is 4.41. The molecule has 5 aromatic carbocycles. The van der Waals surface area contributed by atoms with Crippen LogP contribution in [-0.4, -0.2) is 147 Å². The van der Waals surface area contributed by atoms with E-state index < -0.39 is 109 Å². The molecule has 0 radical (unpaired) electrons. The molecule has 0 heterocycles. The van der Waals surface area contributed by atoms with Gasteiger partial charge in [0.05, 0.1) is 66.8 Å². The zero-order chi connectivity index (χ0) is 52.4. The molecule has 4 unspecified atom stereocenters. The van der Waals surface area contributed by atoms with E-state index in [1.165, 1.54) is 24.3 Å². The highest BCUT2D eigenvalue weighted by atomic mass is 32.2. The van der Waals surface area contributed by atoms with Crippen LogP contribution in [0.15, 0.2) is 112 Å². The fraction of sp³-hybridized carbons (Fsp3) is 0.300. The molecule has 0 saturated heterocycles. The normalized spacial score (nSPS) is 13.8. The van der Waals surface area contributed by atoms with E-state index in [0.717, 1.165) is 24.3 Å². The summed E-state index contributed by atoms with van der Waals surface area (Å²) in [5.41, 5.74) is 4.54. The third-order valence-electron chi connectivity index (χ3n) is 9.04. The van der Waals surface area contributed by atoms with Gasteiger partial charge in [-0.15, -0.1) is 34.2 Å². The number of phenols is 1. The number of aliphatic hydroxyl groups excluding tert-OH is 8. The second kappa shape index (κ2) is 27.7. The van der Waals surface area contributed by atoms with E-state index in [1.807, 2.05) is 0 Å². The molecule has 0 spiro atoms. The standard InChI is InChI=1S/C40H45N7O22S3/c41-28-7-27-20(5-38(28)72(59,60)61)4-37(71-69-67-58)39(40(27)56)47-46-32-11-35(64-18-24(54)14-50)31(10-36(32)65-19-25(55)15-51)45-44-30-9-33(62-16-22(52)12-48)29(8-34(30)63-17-23(53)13-49)43-42-21-2-1-3-26(6-21)70-68-66-57/h1-11,22-25,48-58H,12-19,41H2,(H,59,60,61). The van der Waals surface area contributed by atoms with Crippen LogP contribution >= 0.6 is 24.1 Å². The second-order valence-corrected chi connectivity index (χ2v) is 17.3. The molecule has 5 rings (SSSR count). The molecule has 4 atom stereocenters. The molecule has 0 fully saturated rings. The average molecular weight is 1070 g/mol. The van der Waals surface area contributed by atoms with Crippen molar-refractivity contribution >= 4 is 84.8 Å². The summed E-state index contributed by atoms with van der Waals surface area (Å²) in [7, 11) is -4.83. The number of aliphatic hydroxyl groups is 8. The summed E-state index contributed by atoms with van der Waals surface area (Å²) in [6, 6.07) is 14.2.